The van der Waals surface area contributed by atoms with Gasteiger partial charge in [-0.15, -0.1) is 0 Å². The lowest BCUT2D eigenvalue weighted by Crippen LogP contribution is -2.45. The third-order valence-corrected chi connectivity index (χ3v) is 5.59. The molecule has 0 aliphatic rings. The van der Waals surface area contributed by atoms with Gasteiger partial charge in [0.1, 0.15) is 17.6 Å². The fraction of sp³-hybridized carbons (Fsp3) is 0.259. The minimum atomic E-state index is -0.925. The van der Waals surface area contributed by atoms with Crippen molar-refractivity contribution in [2.24, 2.45) is 0 Å². The molecule has 0 aliphatic heterocycles. The van der Waals surface area contributed by atoms with Crippen molar-refractivity contribution in [1.82, 2.24) is 10.2 Å². The van der Waals surface area contributed by atoms with Crippen LogP contribution in [0.25, 0.3) is 0 Å². The van der Waals surface area contributed by atoms with Crippen LogP contribution in [0.3, 0.4) is 0 Å². The van der Waals surface area contributed by atoms with Gasteiger partial charge in [-0.2, -0.15) is 0 Å². The number of halogens is 2. The summed E-state index contributed by atoms with van der Waals surface area (Å²) in [5.41, 5.74) is 1.32. The molecular formula is C27H28ClFN2O4. The summed E-state index contributed by atoms with van der Waals surface area (Å²) in [5, 5.41) is 3.27. The van der Waals surface area contributed by atoms with Crippen LogP contribution in [0.4, 0.5) is 4.39 Å². The first-order valence-electron chi connectivity index (χ1n) is 11.2. The van der Waals surface area contributed by atoms with Crippen LogP contribution in [0, 0.1) is 5.82 Å². The molecule has 0 spiro atoms. The molecule has 0 bridgehead atoms. The molecule has 2 amide bonds. The number of rotatable bonds is 12. The van der Waals surface area contributed by atoms with Gasteiger partial charge in [-0.1, -0.05) is 66.2 Å². The molecule has 0 saturated carbocycles. The molecule has 3 aromatic carbocycles. The molecule has 3 aromatic rings. The average molecular weight is 499 g/mol. The maximum atomic E-state index is 13.5. The molecule has 6 nitrogen and oxygen atoms in total. The van der Waals surface area contributed by atoms with Crippen molar-refractivity contribution in [2.45, 2.75) is 19.0 Å². The highest BCUT2D eigenvalue weighted by molar-refractivity contribution is 6.32. The monoisotopic (exact) mass is 498 g/mol. The second kappa shape index (κ2) is 13.5. The topological polar surface area (TPSA) is 67.9 Å². The highest BCUT2D eigenvalue weighted by Gasteiger charge is 2.31. The number of amides is 2. The zero-order chi connectivity index (χ0) is 25.0. The van der Waals surface area contributed by atoms with E-state index in [0.29, 0.717) is 41.5 Å². The lowest BCUT2D eigenvalue weighted by Gasteiger charge is -2.31. The number of nitrogens with one attached hydrogen (secondary N) is 1. The Kier molecular flexibility index (Phi) is 10.1. The maximum Gasteiger partial charge on any atom is 0.261 e. The van der Waals surface area contributed by atoms with Crippen LogP contribution >= 0.6 is 11.6 Å². The summed E-state index contributed by atoms with van der Waals surface area (Å²) in [5.74, 6) is -0.774. The van der Waals surface area contributed by atoms with Crippen molar-refractivity contribution in [3.63, 3.8) is 0 Å². The van der Waals surface area contributed by atoms with Gasteiger partial charge in [0.2, 0.25) is 5.91 Å². The van der Waals surface area contributed by atoms with Crippen LogP contribution in [0.1, 0.15) is 23.6 Å². The summed E-state index contributed by atoms with van der Waals surface area (Å²) in [6, 6.07) is 20.8. The van der Waals surface area contributed by atoms with E-state index in [1.807, 2.05) is 6.07 Å². The number of carbonyl (C=O) groups excluding carboxylic acids is 2. The molecule has 35 heavy (non-hydrogen) atoms. The summed E-state index contributed by atoms with van der Waals surface area (Å²) in [6.07, 6.45) is 0.630. The minimum Gasteiger partial charge on any atom is -0.482 e. The fourth-order valence-corrected chi connectivity index (χ4v) is 3.72. The third kappa shape index (κ3) is 7.80. The van der Waals surface area contributed by atoms with Crippen LogP contribution in [0.15, 0.2) is 78.9 Å². The molecule has 8 heteroatoms. The molecule has 184 valence electrons. The van der Waals surface area contributed by atoms with Crippen molar-refractivity contribution >= 4 is 23.4 Å². The molecule has 0 aliphatic carbocycles. The normalized spacial score (nSPS) is 11.5. The average Bonchev–Trinajstić information content (AvgIpc) is 2.87. The largest absolute Gasteiger partial charge is 0.482 e. The van der Waals surface area contributed by atoms with Gasteiger partial charge < -0.3 is 19.7 Å². The smallest absolute Gasteiger partial charge is 0.261 e. The van der Waals surface area contributed by atoms with E-state index in [0.717, 1.165) is 0 Å². The van der Waals surface area contributed by atoms with Crippen LogP contribution in [0.5, 0.6) is 5.75 Å². The Balaban J connectivity index is 1.90. The number of carbonyl (C=O) groups is 2. The van der Waals surface area contributed by atoms with Gasteiger partial charge in [-0.25, -0.2) is 4.39 Å². The van der Waals surface area contributed by atoms with Crippen LogP contribution < -0.4 is 10.1 Å². The van der Waals surface area contributed by atoms with E-state index in [1.54, 1.807) is 67.8 Å². The number of benzene rings is 3. The van der Waals surface area contributed by atoms with E-state index in [-0.39, 0.29) is 24.9 Å². The predicted octanol–water partition coefficient (Wildman–Crippen LogP) is 4.78. The van der Waals surface area contributed by atoms with E-state index in [2.05, 4.69) is 5.32 Å². The van der Waals surface area contributed by atoms with E-state index in [4.69, 9.17) is 21.1 Å². The lowest BCUT2D eigenvalue weighted by atomic mass is 10.0. The first-order chi connectivity index (χ1) is 17.0. The van der Waals surface area contributed by atoms with Crippen molar-refractivity contribution in [3.8, 4) is 5.75 Å². The SMILES string of the molecule is COCCCNC(=O)[C@@H](c1ccccc1)N(Cc1ccc(F)cc1)C(=O)COc1ccccc1Cl. The second-order valence-corrected chi connectivity index (χ2v) is 8.23. The zero-order valence-corrected chi connectivity index (χ0v) is 20.2. The Hall–Kier alpha value is -3.42. The lowest BCUT2D eigenvalue weighted by molar-refractivity contribution is -0.143. The predicted molar refractivity (Wildman–Crippen MR) is 133 cm³/mol. The summed E-state index contributed by atoms with van der Waals surface area (Å²) in [7, 11) is 1.59. The number of hydrogen-bond donors (Lipinski definition) is 1. The van der Waals surface area contributed by atoms with E-state index in [9.17, 15) is 14.0 Å². The molecule has 0 heterocycles. The Morgan fingerprint density at radius 3 is 2.37 bits per heavy atom. The Labute approximate surface area is 209 Å². The molecule has 0 unspecified atom stereocenters. The van der Waals surface area contributed by atoms with Gasteiger partial charge in [0, 0.05) is 26.8 Å². The molecule has 1 atom stereocenters. The van der Waals surface area contributed by atoms with Gasteiger partial charge in [0.05, 0.1) is 5.02 Å². The Bertz CT molecular complexity index is 1100. The maximum absolute atomic E-state index is 13.5. The van der Waals surface area contributed by atoms with E-state index < -0.39 is 11.9 Å². The summed E-state index contributed by atoms with van der Waals surface area (Å²) in [4.78, 5) is 28.3. The number of ether oxygens (including phenoxy) is 2. The molecule has 1 N–H and O–H groups in total. The van der Waals surface area contributed by atoms with Crippen molar-refractivity contribution in [1.29, 1.82) is 0 Å². The fourth-order valence-electron chi connectivity index (χ4n) is 3.53. The molecule has 3 rings (SSSR count). The van der Waals surface area contributed by atoms with E-state index in [1.165, 1.54) is 17.0 Å². The zero-order valence-electron chi connectivity index (χ0n) is 19.5. The van der Waals surface area contributed by atoms with Crippen molar-refractivity contribution in [2.75, 3.05) is 26.9 Å². The van der Waals surface area contributed by atoms with Gasteiger partial charge in [0.15, 0.2) is 6.61 Å². The van der Waals surface area contributed by atoms with Crippen LogP contribution in [0.2, 0.25) is 5.02 Å². The summed E-state index contributed by atoms with van der Waals surface area (Å²) < 4.78 is 24.2. The summed E-state index contributed by atoms with van der Waals surface area (Å²) in [6.45, 7) is 0.645. The highest BCUT2D eigenvalue weighted by Crippen LogP contribution is 2.26. The molecule has 0 saturated heterocycles. The standard InChI is InChI=1S/C27H28ClFN2O4/c1-34-17-7-16-30-27(33)26(21-8-3-2-4-9-21)31(18-20-12-14-22(29)15-13-20)25(32)19-35-24-11-6-5-10-23(24)28/h2-6,8-15,26H,7,16-19H2,1H3,(H,30,33)/t26-/m1/s1. The van der Waals surface area contributed by atoms with Gasteiger partial charge in [-0.05, 0) is 41.8 Å². The minimum absolute atomic E-state index is 0.0794. The molecular weight excluding hydrogens is 471 g/mol. The number of methoxy groups -OCH3 is 1. The van der Waals surface area contributed by atoms with Gasteiger partial charge >= 0.3 is 0 Å². The highest BCUT2D eigenvalue weighted by atomic mass is 35.5. The van der Waals surface area contributed by atoms with Gasteiger partial charge in [0.25, 0.3) is 5.91 Å². The summed E-state index contributed by atoms with van der Waals surface area (Å²) >= 11 is 6.16. The van der Waals surface area contributed by atoms with Crippen LogP contribution in [-0.2, 0) is 20.9 Å². The first-order valence-corrected chi connectivity index (χ1v) is 11.6. The van der Waals surface area contributed by atoms with Crippen LogP contribution in [-0.4, -0.2) is 43.6 Å². The molecule has 0 fully saturated rings. The number of para-hydroxylation sites is 1. The Morgan fingerprint density at radius 1 is 1.00 bits per heavy atom. The third-order valence-electron chi connectivity index (χ3n) is 5.27. The first kappa shape index (κ1) is 26.2. The van der Waals surface area contributed by atoms with Gasteiger partial charge in [-0.3, -0.25) is 9.59 Å². The Morgan fingerprint density at radius 2 is 1.69 bits per heavy atom. The second-order valence-electron chi connectivity index (χ2n) is 7.82. The number of nitrogens with zero attached hydrogens (tertiary/aromatic N) is 1. The quantitative estimate of drug-likeness (QED) is 0.365. The van der Waals surface area contributed by atoms with E-state index >= 15 is 0 Å². The van der Waals surface area contributed by atoms with Crippen molar-refractivity contribution in [3.05, 3.63) is 101 Å². The molecule has 0 aromatic heterocycles. The number of hydrogen-bond acceptors (Lipinski definition) is 4. The molecule has 0 radical (unpaired) electrons. The van der Waals surface area contributed by atoms with Crippen molar-refractivity contribution < 1.29 is 23.5 Å².